The average Bonchev–Trinajstić information content (AvgIpc) is 2.78. The van der Waals surface area contributed by atoms with E-state index in [1.165, 1.54) is 11.1 Å². The van der Waals surface area contributed by atoms with Gasteiger partial charge in [0.05, 0.1) is 12.7 Å². The first-order chi connectivity index (χ1) is 5.36. The predicted octanol–water partition coefficient (Wildman–Crippen LogP) is 1.33. The molecule has 1 unspecified atom stereocenters. The highest BCUT2D eigenvalue weighted by molar-refractivity contribution is 5.22. The van der Waals surface area contributed by atoms with Gasteiger partial charge >= 0.3 is 0 Å². The lowest BCUT2D eigenvalue weighted by Crippen LogP contribution is -1.95. The number of hydrogen-bond donors (Lipinski definition) is 0. The molecule has 1 fully saturated rings. The summed E-state index contributed by atoms with van der Waals surface area (Å²) in [6.07, 6.45) is 5.27. The topological polar surface area (TPSA) is 25.4 Å². The highest BCUT2D eigenvalue weighted by Gasteiger charge is 2.22. The molecular weight excluding hydrogens is 138 g/mol. The molecule has 0 N–H and O–H groups in total. The quantitative estimate of drug-likeness (QED) is 0.593. The highest BCUT2D eigenvalue weighted by Crippen LogP contribution is 2.17. The molecule has 58 valence electrons. The molecule has 1 aromatic rings. The van der Waals surface area contributed by atoms with Gasteiger partial charge in [-0.2, -0.15) is 0 Å². The van der Waals surface area contributed by atoms with Crippen LogP contribution in [0.5, 0.6) is 0 Å². The summed E-state index contributed by atoms with van der Waals surface area (Å²) in [6.45, 7) is 3.02. The van der Waals surface area contributed by atoms with Crippen LogP contribution in [0.4, 0.5) is 0 Å². The molecule has 0 amide bonds. The van der Waals surface area contributed by atoms with Crippen LogP contribution in [0.25, 0.3) is 0 Å². The van der Waals surface area contributed by atoms with Crippen molar-refractivity contribution >= 4 is 0 Å². The molecule has 2 rings (SSSR count). The van der Waals surface area contributed by atoms with Crippen molar-refractivity contribution in [2.75, 3.05) is 6.61 Å². The van der Waals surface area contributed by atoms with Crippen molar-refractivity contribution < 1.29 is 4.74 Å². The van der Waals surface area contributed by atoms with Crippen molar-refractivity contribution in [1.82, 2.24) is 4.98 Å². The third-order valence-electron chi connectivity index (χ3n) is 1.99. The van der Waals surface area contributed by atoms with Crippen molar-refractivity contribution in [3.8, 4) is 0 Å². The molecular formula is C9H11NO. The van der Waals surface area contributed by atoms with E-state index < -0.39 is 0 Å². The SMILES string of the molecule is Cc1cnccc1CC1CO1. The maximum Gasteiger partial charge on any atom is 0.0850 e. The molecule has 0 aliphatic carbocycles. The zero-order valence-corrected chi connectivity index (χ0v) is 6.58. The molecule has 0 aromatic carbocycles. The van der Waals surface area contributed by atoms with Gasteiger partial charge in [0.25, 0.3) is 0 Å². The first-order valence-electron chi connectivity index (χ1n) is 3.87. The van der Waals surface area contributed by atoms with Crippen LogP contribution in [0.3, 0.4) is 0 Å². The number of ether oxygens (including phenoxy) is 1. The second-order valence-corrected chi connectivity index (χ2v) is 2.96. The third kappa shape index (κ3) is 1.57. The van der Waals surface area contributed by atoms with Crippen LogP contribution in [0.1, 0.15) is 11.1 Å². The van der Waals surface area contributed by atoms with Gasteiger partial charge in [-0.25, -0.2) is 0 Å². The number of nitrogens with zero attached hydrogens (tertiary/aromatic N) is 1. The number of rotatable bonds is 2. The van der Waals surface area contributed by atoms with Crippen LogP contribution in [0.15, 0.2) is 18.5 Å². The van der Waals surface area contributed by atoms with Gasteiger partial charge in [0.1, 0.15) is 0 Å². The number of epoxide rings is 1. The second kappa shape index (κ2) is 2.62. The lowest BCUT2D eigenvalue weighted by molar-refractivity contribution is 0.407. The summed E-state index contributed by atoms with van der Waals surface area (Å²) in [5.74, 6) is 0. The summed E-state index contributed by atoms with van der Waals surface area (Å²) < 4.78 is 5.15. The van der Waals surface area contributed by atoms with Crippen LogP contribution in [0.2, 0.25) is 0 Å². The largest absolute Gasteiger partial charge is 0.373 e. The molecule has 1 aromatic heterocycles. The number of aromatic nitrogens is 1. The molecule has 1 aliphatic rings. The lowest BCUT2D eigenvalue weighted by Gasteiger charge is -2.00. The summed E-state index contributed by atoms with van der Waals surface area (Å²) >= 11 is 0. The second-order valence-electron chi connectivity index (χ2n) is 2.96. The summed E-state index contributed by atoms with van der Waals surface area (Å²) in [6, 6.07) is 2.07. The summed E-state index contributed by atoms with van der Waals surface area (Å²) in [5.41, 5.74) is 2.63. The molecule has 1 atom stereocenters. The Morgan fingerprint density at radius 1 is 1.73 bits per heavy atom. The first kappa shape index (κ1) is 6.80. The Morgan fingerprint density at radius 3 is 3.18 bits per heavy atom. The van der Waals surface area contributed by atoms with Crippen molar-refractivity contribution in [1.29, 1.82) is 0 Å². The molecule has 0 spiro atoms. The smallest absolute Gasteiger partial charge is 0.0850 e. The Hall–Kier alpha value is -0.890. The normalized spacial score (nSPS) is 21.7. The van der Waals surface area contributed by atoms with Crippen LogP contribution in [-0.4, -0.2) is 17.7 Å². The summed E-state index contributed by atoms with van der Waals surface area (Å²) in [5, 5.41) is 0. The first-order valence-corrected chi connectivity index (χ1v) is 3.87. The Kier molecular flexibility index (Phi) is 1.62. The summed E-state index contributed by atoms with van der Waals surface area (Å²) in [7, 11) is 0. The molecule has 2 nitrogen and oxygen atoms in total. The number of hydrogen-bond acceptors (Lipinski definition) is 2. The minimum atomic E-state index is 0.482. The van der Waals surface area contributed by atoms with E-state index in [0.717, 1.165) is 13.0 Å². The van der Waals surface area contributed by atoms with Gasteiger partial charge in [-0.1, -0.05) is 0 Å². The van der Waals surface area contributed by atoms with E-state index in [0.29, 0.717) is 6.10 Å². The predicted molar refractivity (Wildman–Crippen MR) is 42.4 cm³/mol. The maximum atomic E-state index is 5.15. The molecule has 1 aliphatic heterocycles. The Bertz CT molecular complexity index is 255. The third-order valence-corrected chi connectivity index (χ3v) is 1.99. The lowest BCUT2D eigenvalue weighted by atomic mass is 10.1. The van der Waals surface area contributed by atoms with Gasteiger partial charge in [-0.15, -0.1) is 0 Å². The average molecular weight is 149 g/mol. The van der Waals surface area contributed by atoms with E-state index >= 15 is 0 Å². The van der Waals surface area contributed by atoms with Crippen LogP contribution < -0.4 is 0 Å². The van der Waals surface area contributed by atoms with Gasteiger partial charge in [-0.3, -0.25) is 4.98 Å². The summed E-state index contributed by atoms with van der Waals surface area (Å²) in [4.78, 5) is 4.03. The Balaban J connectivity index is 2.15. The fraction of sp³-hybridized carbons (Fsp3) is 0.444. The van der Waals surface area contributed by atoms with Crippen molar-refractivity contribution in [3.05, 3.63) is 29.6 Å². The van der Waals surface area contributed by atoms with Gasteiger partial charge < -0.3 is 4.74 Å². The van der Waals surface area contributed by atoms with E-state index in [9.17, 15) is 0 Å². The standard InChI is InChI=1S/C9H11NO/c1-7-5-10-3-2-8(7)4-9-6-11-9/h2-3,5,9H,4,6H2,1H3. The molecule has 1 saturated heterocycles. The molecule has 11 heavy (non-hydrogen) atoms. The maximum absolute atomic E-state index is 5.15. The molecule has 0 bridgehead atoms. The van der Waals surface area contributed by atoms with Crippen molar-refractivity contribution in [2.24, 2.45) is 0 Å². The molecule has 0 radical (unpaired) electrons. The minimum Gasteiger partial charge on any atom is -0.373 e. The fourth-order valence-corrected chi connectivity index (χ4v) is 1.16. The molecule has 2 heteroatoms. The monoisotopic (exact) mass is 149 g/mol. The zero-order chi connectivity index (χ0) is 7.68. The van der Waals surface area contributed by atoms with Crippen LogP contribution in [-0.2, 0) is 11.2 Å². The minimum absolute atomic E-state index is 0.482. The Labute approximate surface area is 66.2 Å². The fourth-order valence-electron chi connectivity index (χ4n) is 1.16. The zero-order valence-electron chi connectivity index (χ0n) is 6.58. The van der Waals surface area contributed by atoms with Gasteiger partial charge in [0.15, 0.2) is 0 Å². The van der Waals surface area contributed by atoms with Crippen molar-refractivity contribution in [3.63, 3.8) is 0 Å². The van der Waals surface area contributed by atoms with E-state index in [4.69, 9.17) is 4.74 Å². The van der Waals surface area contributed by atoms with E-state index in [1.54, 1.807) is 0 Å². The van der Waals surface area contributed by atoms with Crippen LogP contribution >= 0.6 is 0 Å². The number of aryl methyl sites for hydroxylation is 1. The van der Waals surface area contributed by atoms with Crippen LogP contribution in [0, 0.1) is 6.92 Å². The highest BCUT2D eigenvalue weighted by atomic mass is 16.6. The van der Waals surface area contributed by atoms with Gasteiger partial charge in [0.2, 0.25) is 0 Å². The Morgan fingerprint density at radius 2 is 2.55 bits per heavy atom. The van der Waals surface area contributed by atoms with E-state index in [2.05, 4.69) is 18.0 Å². The molecule has 0 saturated carbocycles. The molecule has 2 heterocycles. The van der Waals surface area contributed by atoms with Gasteiger partial charge in [-0.05, 0) is 24.1 Å². The number of pyridine rings is 1. The van der Waals surface area contributed by atoms with E-state index in [1.807, 2.05) is 12.4 Å². The van der Waals surface area contributed by atoms with Crippen molar-refractivity contribution in [2.45, 2.75) is 19.4 Å². The van der Waals surface area contributed by atoms with E-state index in [-0.39, 0.29) is 0 Å². The van der Waals surface area contributed by atoms with Gasteiger partial charge in [0, 0.05) is 18.8 Å².